The van der Waals surface area contributed by atoms with Crippen molar-refractivity contribution < 1.29 is 9.59 Å². The molecule has 9 nitrogen and oxygen atoms in total. The summed E-state index contributed by atoms with van der Waals surface area (Å²) in [6.07, 6.45) is 5.24. The van der Waals surface area contributed by atoms with Gasteiger partial charge in [-0.2, -0.15) is 5.21 Å². The summed E-state index contributed by atoms with van der Waals surface area (Å²) in [7, 11) is 0. The number of halogens is 2. The molecular formula is C33H41Cl2N7O2. The van der Waals surface area contributed by atoms with Gasteiger partial charge in [-0.15, -0.1) is 10.2 Å². The summed E-state index contributed by atoms with van der Waals surface area (Å²) >= 11 is 12.8. The van der Waals surface area contributed by atoms with Gasteiger partial charge in [0, 0.05) is 21.2 Å². The van der Waals surface area contributed by atoms with E-state index < -0.39 is 5.66 Å². The van der Waals surface area contributed by atoms with Gasteiger partial charge in [-0.25, -0.2) is 0 Å². The van der Waals surface area contributed by atoms with Crippen molar-refractivity contribution in [2.24, 2.45) is 22.2 Å². The Morgan fingerprint density at radius 1 is 1.09 bits per heavy atom. The Balaban J connectivity index is 1.50. The number of carbonyl (C=O) groups excluding carboxylic acids is 2. The van der Waals surface area contributed by atoms with Crippen LogP contribution in [-0.4, -0.2) is 48.7 Å². The van der Waals surface area contributed by atoms with Gasteiger partial charge in [0.25, 0.3) is 11.8 Å². The molecule has 0 saturated heterocycles. The fourth-order valence-corrected chi connectivity index (χ4v) is 6.96. The molecule has 2 aliphatic rings. The monoisotopic (exact) mass is 637 g/mol. The summed E-state index contributed by atoms with van der Waals surface area (Å²) in [5.41, 5.74) is 1.94. The van der Waals surface area contributed by atoms with Gasteiger partial charge in [0.15, 0.2) is 5.82 Å². The van der Waals surface area contributed by atoms with E-state index in [4.69, 9.17) is 28.2 Å². The first-order valence-electron chi connectivity index (χ1n) is 15.4. The predicted octanol–water partition coefficient (Wildman–Crippen LogP) is 7.18. The van der Waals surface area contributed by atoms with E-state index in [0.29, 0.717) is 44.5 Å². The lowest BCUT2D eigenvalue weighted by Crippen LogP contribution is -2.51. The van der Waals surface area contributed by atoms with Gasteiger partial charge >= 0.3 is 0 Å². The van der Waals surface area contributed by atoms with E-state index >= 15 is 0 Å². The maximum atomic E-state index is 14.6. The van der Waals surface area contributed by atoms with Crippen LogP contribution >= 0.6 is 23.2 Å². The molecular weight excluding hydrogens is 597 g/mol. The van der Waals surface area contributed by atoms with E-state index in [0.717, 1.165) is 44.1 Å². The third kappa shape index (κ3) is 7.15. The molecule has 0 radical (unpaired) electrons. The van der Waals surface area contributed by atoms with Crippen molar-refractivity contribution in [2.75, 3.05) is 0 Å². The molecule has 5 rings (SSSR count). The number of carbonyl (C=O) groups is 2. The lowest BCUT2D eigenvalue weighted by Gasteiger charge is -2.46. The second-order valence-corrected chi connectivity index (χ2v) is 14.5. The van der Waals surface area contributed by atoms with Crippen molar-refractivity contribution in [3.05, 3.63) is 75.0 Å². The predicted molar refractivity (Wildman–Crippen MR) is 173 cm³/mol. The Morgan fingerprint density at radius 3 is 2.32 bits per heavy atom. The molecule has 2 heterocycles. The van der Waals surface area contributed by atoms with Crippen LogP contribution in [0.3, 0.4) is 0 Å². The molecule has 2 N–H and O–H groups in total. The van der Waals surface area contributed by atoms with Crippen molar-refractivity contribution in [3.8, 4) is 0 Å². The minimum Gasteiger partial charge on any atom is -0.345 e. The van der Waals surface area contributed by atoms with Crippen LogP contribution in [0.4, 0.5) is 0 Å². The Morgan fingerprint density at radius 2 is 1.75 bits per heavy atom. The molecule has 44 heavy (non-hydrogen) atoms. The Bertz CT molecular complexity index is 1490. The summed E-state index contributed by atoms with van der Waals surface area (Å²) < 4.78 is 0. The van der Waals surface area contributed by atoms with Crippen LogP contribution < -0.4 is 5.32 Å². The molecule has 1 spiro atoms. The molecule has 1 unspecified atom stereocenters. The number of aliphatic imine (C=N–C) groups is 1. The van der Waals surface area contributed by atoms with Crippen LogP contribution in [0.1, 0.15) is 106 Å². The minimum absolute atomic E-state index is 0.0582. The molecule has 1 atom stereocenters. The topological polar surface area (TPSA) is 116 Å². The molecule has 2 aromatic carbocycles. The second kappa shape index (κ2) is 13.0. The largest absolute Gasteiger partial charge is 0.345 e. The Labute approximate surface area is 269 Å². The lowest BCUT2D eigenvalue weighted by molar-refractivity contribution is -0.133. The summed E-state index contributed by atoms with van der Waals surface area (Å²) in [6.45, 7) is 11.4. The van der Waals surface area contributed by atoms with Crippen molar-refractivity contribution in [2.45, 2.75) is 91.4 Å². The van der Waals surface area contributed by atoms with Crippen LogP contribution in [0.5, 0.6) is 0 Å². The summed E-state index contributed by atoms with van der Waals surface area (Å²) in [5.74, 6) is 1.22. The highest BCUT2D eigenvalue weighted by atomic mass is 35.5. The van der Waals surface area contributed by atoms with Gasteiger partial charge in [0.05, 0.1) is 12.6 Å². The van der Waals surface area contributed by atoms with Crippen molar-refractivity contribution in [1.29, 1.82) is 0 Å². The second-order valence-electron chi connectivity index (χ2n) is 13.6. The number of nitrogens with one attached hydrogen (secondary N) is 2. The van der Waals surface area contributed by atoms with Crippen molar-refractivity contribution in [1.82, 2.24) is 30.8 Å². The van der Waals surface area contributed by atoms with E-state index in [-0.39, 0.29) is 29.8 Å². The molecule has 1 saturated carbocycles. The summed E-state index contributed by atoms with van der Waals surface area (Å²) in [6, 6.07) is 12.5. The summed E-state index contributed by atoms with van der Waals surface area (Å²) in [4.78, 5) is 34.7. The van der Waals surface area contributed by atoms with E-state index in [1.165, 1.54) is 0 Å². The molecule has 1 fully saturated rings. The maximum Gasteiger partial charge on any atom is 0.275 e. The third-order valence-corrected chi connectivity index (χ3v) is 9.37. The first kappa shape index (κ1) is 32.1. The maximum absolute atomic E-state index is 14.6. The zero-order valence-corrected chi connectivity index (χ0v) is 27.5. The smallest absolute Gasteiger partial charge is 0.275 e. The quantitative estimate of drug-likeness (QED) is 0.258. The van der Waals surface area contributed by atoms with Crippen LogP contribution in [-0.2, 0) is 11.3 Å². The standard InChI is InChI=1S/C33H41Cl2N7O2/c1-20(2)21-10-14-33(15-11-21)37-29(24-16-25(34)18-26(35)17-24)31(44)42(33)27(12-13-32(3,4)5)22-6-8-23(9-7-22)30(43)36-19-28-38-40-41-39-28/h6-9,16-18,20-21,27H,10-15,19H2,1-5H3,(H,36,43)(H,38,39,40,41). The molecule has 234 valence electrons. The number of amides is 2. The molecule has 2 amide bonds. The number of rotatable bonds is 9. The number of hydrogen-bond donors (Lipinski definition) is 2. The Kier molecular flexibility index (Phi) is 9.47. The SMILES string of the molecule is CC(C)C1CCC2(CC1)N=C(c1cc(Cl)cc(Cl)c1)C(=O)N2C(CCC(C)(C)C)c1ccc(C(=O)NCc2nn[nH]n2)cc1. The van der Waals surface area contributed by atoms with E-state index in [1.54, 1.807) is 18.2 Å². The molecule has 1 aliphatic heterocycles. The first-order valence-corrected chi connectivity index (χ1v) is 16.1. The molecule has 1 aliphatic carbocycles. The fourth-order valence-electron chi connectivity index (χ4n) is 6.43. The molecule has 0 bridgehead atoms. The Hall–Kier alpha value is -3.30. The highest BCUT2D eigenvalue weighted by Crippen LogP contribution is 2.48. The zero-order valence-electron chi connectivity index (χ0n) is 26.0. The van der Waals surface area contributed by atoms with Crippen molar-refractivity contribution >= 4 is 40.7 Å². The van der Waals surface area contributed by atoms with Gasteiger partial charge in [-0.05, 0) is 91.7 Å². The van der Waals surface area contributed by atoms with Crippen LogP contribution in [0.15, 0.2) is 47.5 Å². The van der Waals surface area contributed by atoms with E-state index in [2.05, 4.69) is 60.6 Å². The van der Waals surface area contributed by atoms with Crippen LogP contribution in [0.25, 0.3) is 0 Å². The van der Waals surface area contributed by atoms with Gasteiger partial charge in [0.1, 0.15) is 11.4 Å². The fraction of sp³-hybridized carbons (Fsp3) is 0.515. The average Bonchev–Trinajstić information content (AvgIpc) is 3.58. The first-order chi connectivity index (χ1) is 20.8. The molecule has 3 aromatic rings. The van der Waals surface area contributed by atoms with E-state index in [9.17, 15) is 9.59 Å². The molecule has 1 aromatic heterocycles. The van der Waals surface area contributed by atoms with Gasteiger partial charge in [-0.1, -0.05) is 75.2 Å². The summed E-state index contributed by atoms with van der Waals surface area (Å²) in [5, 5.41) is 17.4. The van der Waals surface area contributed by atoms with Gasteiger partial charge in [-0.3, -0.25) is 14.6 Å². The number of tetrazole rings is 1. The van der Waals surface area contributed by atoms with Crippen LogP contribution in [0.2, 0.25) is 10.0 Å². The highest BCUT2D eigenvalue weighted by Gasteiger charge is 2.52. The average molecular weight is 639 g/mol. The van der Waals surface area contributed by atoms with Crippen molar-refractivity contribution in [3.63, 3.8) is 0 Å². The number of H-pyrrole nitrogens is 1. The van der Waals surface area contributed by atoms with Gasteiger partial charge in [0.2, 0.25) is 0 Å². The number of aromatic amines is 1. The van der Waals surface area contributed by atoms with Gasteiger partial charge < -0.3 is 10.2 Å². The van der Waals surface area contributed by atoms with Crippen LogP contribution in [0, 0.1) is 17.3 Å². The molecule has 11 heteroatoms. The lowest BCUT2D eigenvalue weighted by atomic mass is 9.75. The number of nitrogens with zero attached hydrogens (tertiary/aromatic N) is 5. The minimum atomic E-state index is -0.657. The third-order valence-electron chi connectivity index (χ3n) is 8.93. The highest BCUT2D eigenvalue weighted by molar-refractivity contribution is 6.47. The normalized spacial score (nSPS) is 21.2. The van der Waals surface area contributed by atoms with E-state index in [1.807, 2.05) is 29.2 Å². The number of aromatic nitrogens is 4. The number of benzene rings is 2. The number of hydrogen-bond acceptors (Lipinski definition) is 6. The zero-order chi connectivity index (χ0) is 31.6.